The highest BCUT2D eigenvalue weighted by atomic mass is 16.5. The molecule has 0 fully saturated rings. The fourth-order valence-corrected chi connectivity index (χ4v) is 1.73. The number of carbonyl (C=O) groups excluding carboxylic acids is 1. The molecule has 0 saturated carbocycles. The van der Waals surface area contributed by atoms with Gasteiger partial charge in [-0.05, 0) is 26.0 Å². The summed E-state index contributed by atoms with van der Waals surface area (Å²) >= 11 is 0. The van der Waals surface area contributed by atoms with Crippen molar-refractivity contribution in [2.75, 3.05) is 6.54 Å². The Morgan fingerprint density at radius 2 is 2.29 bits per heavy atom. The molecule has 0 radical (unpaired) electrons. The first-order valence-electron chi connectivity index (χ1n) is 6.51. The first-order valence-corrected chi connectivity index (χ1v) is 6.51. The summed E-state index contributed by atoms with van der Waals surface area (Å²) in [4.78, 5) is 27.2. The normalized spacial score (nSPS) is 11.7. The van der Waals surface area contributed by atoms with Crippen LogP contribution in [0.25, 0.3) is 0 Å². The molecule has 0 aromatic carbocycles. The van der Waals surface area contributed by atoms with E-state index in [4.69, 9.17) is 9.15 Å². The number of pyridine rings is 1. The van der Waals surface area contributed by atoms with Crippen molar-refractivity contribution in [1.29, 1.82) is 0 Å². The van der Waals surface area contributed by atoms with Crippen LogP contribution >= 0.6 is 0 Å². The van der Waals surface area contributed by atoms with E-state index in [2.05, 4.69) is 10.3 Å². The predicted molar refractivity (Wildman–Crippen MR) is 76.4 cm³/mol. The van der Waals surface area contributed by atoms with E-state index < -0.39 is 5.91 Å². The average molecular weight is 288 g/mol. The molecule has 6 nitrogen and oxygen atoms in total. The van der Waals surface area contributed by atoms with Crippen molar-refractivity contribution in [1.82, 2.24) is 10.3 Å². The molecular formula is C15H16N2O4. The highest BCUT2D eigenvalue weighted by Gasteiger charge is 2.12. The van der Waals surface area contributed by atoms with Gasteiger partial charge in [-0.1, -0.05) is 0 Å². The van der Waals surface area contributed by atoms with Gasteiger partial charge < -0.3 is 14.5 Å². The summed E-state index contributed by atoms with van der Waals surface area (Å²) in [6, 6.07) is 6.03. The van der Waals surface area contributed by atoms with E-state index in [1.807, 2.05) is 6.92 Å². The zero-order valence-corrected chi connectivity index (χ0v) is 11.8. The summed E-state index contributed by atoms with van der Waals surface area (Å²) in [6.07, 6.45) is 3.01. The second-order valence-corrected chi connectivity index (χ2v) is 4.60. The highest BCUT2D eigenvalue weighted by Crippen LogP contribution is 2.08. The van der Waals surface area contributed by atoms with Crippen LogP contribution in [0.1, 0.15) is 23.2 Å². The van der Waals surface area contributed by atoms with Crippen LogP contribution in [-0.2, 0) is 0 Å². The Balaban J connectivity index is 1.90. The number of nitrogens with one attached hydrogen (secondary N) is 1. The van der Waals surface area contributed by atoms with Crippen molar-refractivity contribution >= 4 is 5.91 Å². The Morgan fingerprint density at radius 1 is 1.48 bits per heavy atom. The molecule has 1 amide bonds. The van der Waals surface area contributed by atoms with Gasteiger partial charge in [0.2, 0.25) is 0 Å². The lowest BCUT2D eigenvalue weighted by molar-refractivity contribution is 0.0900. The van der Waals surface area contributed by atoms with E-state index >= 15 is 0 Å². The van der Waals surface area contributed by atoms with Gasteiger partial charge in [-0.25, -0.2) is 0 Å². The third kappa shape index (κ3) is 4.45. The third-order valence-corrected chi connectivity index (χ3v) is 2.64. The maximum atomic E-state index is 11.9. The van der Waals surface area contributed by atoms with Crippen molar-refractivity contribution < 1.29 is 13.9 Å². The van der Waals surface area contributed by atoms with Gasteiger partial charge in [0.15, 0.2) is 11.2 Å². The van der Waals surface area contributed by atoms with Crippen LogP contribution in [0.5, 0.6) is 5.75 Å². The minimum absolute atomic E-state index is 0.00595. The summed E-state index contributed by atoms with van der Waals surface area (Å²) in [5, 5.41) is 2.66. The van der Waals surface area contributed by atoms with Gasteiger partial charge in [0.25, 0.3) is 5.91 Å². The number of ether oxygens (including phenoxy) is 1. The molecule has 6 heteroatoms. The summed E-state index contributed by atoms with van der Waals surface area (Å²) in [7, 11) is 0. The summed E-state index contributed by atoms with van der Waals surface area (Å²) < 4.78 is 10.8. The first kappa shape index (κ1) is 14.8. The van der Waals surface area contributed by atoms with Crippen LogP contribution in [0.4, 0.5) is 0 Å². The molecule has 0 aliphatic rings. The number of amides is 1. The van der Waals surface area contributed by atoms with Crippen LogP contribution in [0.15, 0.2) is 45.9 Å². The van der Waals surface area contributed by atoms with Gasteiger partial charge >= 0.3 is 0 Å². The topological polar surface area (TPSA) is 81.4 Å². The van der Waals surface area contributed by atoms with Crippen molar-refractivity contribution in [3.8, 4) is 5.75 Å². The Labute approximate surface area is 121 Å². The lowest BCUT2D eigenvalue weighted by atomic mass is 10.3. The molecule has 0 saturated heterocycles. The minimum Gasteiger partial charge on any atom is -0.487 e. The lowest BCUT2D eigenvalue weighted by Crippen LogP contribution is -2.34. The summed E-state index contributed by atoms with van der Waals surface area (Å²) in [6.45, 7) is 3.72. The van der Waals surface area contributed by atoms with Crippen LogP contribution in [0, 0.1) is 6.92 Å². The molecule has 0 bridgehead atoms. The standard InChI is InChI=1S/C15H16N2O4/c1-10-6-12(18)7-14(21-10)15(19)17-8-11(2)20-13-4-3-5-16-9-13/h3-7,9,11H,8H2,1-2H3,(H,17,19)/t11-/m0/s1. The molecule has 1 N–H and O–H groups in total. The molecule has 110 valence electrons. The molecule has 2 rings (SSSR count). The number of hydrogen-bond acceptors (Lipinski definition) is 5. The van der Waals surface area contributed by atoms with Gasteiger partial charge in [-0.15, -0.1) is 0 Å². The molecule has 2 aromatic rings. The average Bonchev–Trinajstić information content (AvgIpc) is 2.45. The van der Waals surface area contributed by atoms with Gasteiger partial charge in [-0.3, -0.25) is 14.6 Å². The van der Waals surface area contributed by atoms with E-state index in [0.717, 1.165) is 6.07 Å². The number of aryl methyl sites for hydroxylation is 1. The van der Waals surface area contributed by atoms with Gasteiger partial charge in [0.1, 0.15) is 17.6 Å². The lowest BCUT2D eigenvalue weighted by Gasteiger charge is -2.14. The maximum absolute atomic E-state index is 11.9. The molecular weight excluding hydrogens is 272 g/mol. The van der Waals surface area contributed by atoms with Crippen LogP contribution in [0.2, 0.25) is 0 Å². The van der Waals surface area contributed by atoms with Gasteiger partial charge in [0.05, 0.1) is 12.7 Å². The monoisotopic (exact) mass is 288 g/mol. The summed E-state index contributed by atoms with van der Waals surface area (Å²) in [5.41, 5.74) is -0.261. The number of aromatic nitrogens is 1. The minimum atomic E-state index is -0.447. The van der Waals surface area contributed by atoms with Crippen LogP contribution < -0.4 is 15.5 Å². The molecule has 2 aromatic heterocycles. The third-order valence-electron chi connectivity index (χ3n) is 2.64. The SMILES string of the molecule is Cc1cc(=O)cc(C(=O)NC[C@H](C)Oc2cccnc2)o1. The molecule has 1 atom stereocenters. The first-order chi connectivity index (χ1) is 10.0. The summed E-state index contributed by atoms with van der Waals surface area (Å²) in [5.74, 6) is 0.569. The van der Waals surface area contributed by atoms with E-state index in [0.29, 0.717) is 11.5 Å². The molecule has 21 heavy (non-hydrogen) atoms. The molecule has 0 spiro atoms. The highest BCUT2D eigenvalue weighted by molar-refractivity contribution is 5.91. The van der Waals surface area contributed by atoms with Crippen molar-refractivity contribution in [2.45, 2.75) is 20.0 Å². The Bertz CT molecular complexity index is 667. The number of hydrogen-bond donors (Lipinski definition) is 1. The van der Waals surface area contributed by atoms with Crippen molar-refractivity contribution in [2.24, 2.45) is 0 Å². The van der Waals surface area contributed by atoms with E-state index in [1.165, 1.54) is 6.07 Å². The fraction of sp³-hybridized carbons (Fsp3) is 0.267. The van der Waals surface area contributed by atoms with Crippen LogP contribution in [-0.4, -0.2) is 23.5 Å². The zero-order valence-electron chi connectivity index (χ0n) is 11.8. The number of rotatable bonds is 5. The predicted octanol–water partition coefficient (Wildman–Crippen LogP) is 1.54. The fourth-order valence-electron chi connectivity index (χ4n) is 1.73. The van der Waals surface area contributed by atoms with E-state index in [9.17, 15) is 9.59 Å². The van der Waals surface area contributed by atoms with E-state index in [1.54, 1.807) is 31.5 Å². The second-order valence-electron chi connectivity index (χ2n) is 4.60. The number of nitrogens with zero attached hydrogens (tertiary/aromatic N) is 1. The Morgan fingerprint density at radius 3 is 2.95 bits per heavy atom. The van der Waals surface area contributed by atoms with Crippen LogP contribution in [0.3, 0.4) is 0 Å². The molecule has 0 aliphatic carbocycles. The number of carbonyl (C=O) groups is 1. The van der Waals surface area contributed by atoms with Gasteiger partial charge in [-0.2, -0.15) is 0 Å². The van der Waals surface area contributed by atoms with Crippen molar-refractivity contribution in [3.63, 3.8) is 0 Å². The Hall–Kier alpha value is -2.63. The quantitative estimate of drug-likeness (QED) is 0.902. The molecule has 0 unspecified atom stereocenters. The molecule has 0 aliphatic heterocycles. The van der Waals surface area contributed by atoms with E-state index in [-0.39, 0.29) is 23.8 Å². The second kappa shape index (κ2) is 6.69. The van der Waals surface area contributed by atoms with Gasteiger partial charge in [0, 0.05) is 18.3 Å². The van der Waals surface area contributed by atoms with Crippen molar-refractivity contribution in [3.05, 3.63) is 58.4 Å². The Kier molecular flexibility index (Phi) is 4.71. The maximum Gasteiger partial charge on any atom is 0.287 e. The molecule has 2 heterocycles. The largest absolute Gasteiger partial charge is 0.487 e. The zero-order chi connectivity index (χ0) is 15.2. The smallest absolute Gasteiger partial charge is 0.287 e.